The molecule has 0 bridgehead atoms. The van der Waals surface area contributed by atoms with Crippen molar-refractivity contribution in [2.75, 3.05) is 0 Å². The fourth-order valence-electron chi connectivity index (χ4n) is 0. The van der Waals surface area contributed by atoms with Gasteiger partial charge in [0, 0.05) is 0 Å². The molecule has 0 aliphatic rings. The summed E-state index contributed by atoms with van der Waals surface area (Å²) >= 11 is 0. The number of hydrogen-bond acceptors (Lipinski definition) is 6. The molecule has 0 rings (SSSR count). The van der Waals surface area contributed by atoms with E-state index < -0.39 is 24.1 Å². The van der Waals surface area contributed by atoms with E-state index in [4.69, 9.17) is 10.2 Å². The molecular formula is C6H12CaMgO6. The quantitative estimate of drug-likeness (QED) is 0.469. The van der Waals surface area contributed by atoms with E-state index in [2.05, 4.69) is 0 Å². The third-order valence-electron chi connectivity index (χ3n) is 0.682. The van der Waals surface area contributed by atoms with Gasteiger partial charge in [-0.2, -0.15) is 0 Å². The third-order valence-corrected chi connectivity index (χ3v) is 0.682. The first kappa shape index (κ1) is 24.2. The van der Waals surface area contributed by atoms with E-state index >= 15 is 0 Å². The summed E-state index contributed by atoms with van der Waals surface area (Å²) in [4.78, 5) is 18.7. The van der Waals surface area contributed by atoms with Crippen LogP contribution in [0.4, 0.5) is 0 Å². The Morgan fingerprint density at radius 1 is 1.00 bits per heavy atom. The maximum Gasteiger partial charge on any atom is 2.00 e. The normalized spacial score (nSPS) is 11.7. The molecule has 0 aromatic rings. The molecule has 0 aliphatic carbocycles. The molecule has 0 spiro atoms. The van der Waals surface area contributed by atoms with Crippen LogP contribution in [0.2, 0.25) is 0 Å². The third kappa shape index (κ3) is 23.1. The zero-order chi connectivity index (χ0) is 10.3. The first-order chi connectivity index (χ1) is 5.29. The molecule has 8 heteroatoms. The fraction of sp³-hybridized carbons (Fsp3) is 0.667. The summed E-state index contributed by atoms with van der Waals surface area (Å²) in [5.41, 5.74) is 0. The average Bonchev–Trinajstić information content (AvgIpc) is 1.88. The van der Waals surface area contributed by atoms with Gasteiger partial charge in [-0.25, -0.2) is 0 Å². The number of hydrogen-bond donors (Lipinski definition) is 2. The molecule has 0 amide bonds. The van der Waals surface area contributed by atoms with E-state index in [0.29, 0.717) is 0 Å². The molecule has 2 N–H and O–H groups in total. The summed E-state index contributed by atoms with van der Waals surface area (Å²) in [6.45, 7) is 2.27. The van der Waals surface area contributed by atoms with Gasteiger partial charge in [-0.05, 0) is 13.8 Å². The second-order valence-electron chi connectivity index (χ2n) is 1.99. The minimum Gasteiger partial charge on any atom is 2.00 e. The predicted molar refractivity (Wildman–Crippen MR) is 47.7 cm³/mol. The standard InChI is InChI=1S/2C3H6O3.Ca.Mg.2H/c2*1-2(4)3(5)6;;;;/h2*2,4H,1H3,(H,5,6);;;;/q;;;+2;;/p-2. The first-order valence-electron chi connectivity index (χ1n) is 3.06. The summed E-state index contributed by atoms with van der Waals surface area (Å²) in [6, 6.07) is 0. The maximum atomic E-state index is 9.34. The van der Waals surface area contributed by atoms with Crippen LogP contribution in [0, 0.1) is 0 Å². The van der Waals surface area contributed by atoms with Crippen LogP contribution < -0.4 is 10.2 Å². The number of aliphatic hydroxyl groups excluding tert-OH is 2. The van der Waals surface area contributed by atoms with Crippen molar-refractivity contribution in [3.05, 3.63) is 0 Å². The molecule has 0 heterocycles. The largest absolute Gasteiger partial charge is 2.00 e. The molecule has 2 atom stereocenters. The Labute approximate surface area is 127 Å². The number of carboxylic acids is 2. The smallest absolute Gasteiger partial charge is 2.00 e. The zero-order valence-electron chi connectivity index (χ0n) is 7.39. The molecule has 2 unspecified atom stereocenters. The number of carbonyl (C=O) groups is 2. The number of carbonyl (C=O) groups excluding carboxylic acids is 2. The number of aliphatic hydroxyl groups is 2. The zero-order valence-corrected chi connectivity index (χ0v) is 8.80. The van der Waals surface area contributed by atoms with E-state index in [1.807, 2.05) is 0 Å². The van der Waals surface area contributed by atoms with Gasteiger partial charge in [-0.1, -0.05) is 0 Å². The Morgan fingerprint density at radius 3 is 1.07 bits per heavy atom. The SMILES string of the molecule is CC(O)C(=O)[O-].CC(O)C(=O)[O-].[CaH2].[Mg+2]. The van der Waals surface area contributed by atoms with E-state index in [-0.39, 0.29) is 60.8 Å². The second-order valence-corrected chi connectivity index (χ2v) is 1.99. The molecule has 14 heavy (non-hydrogen) atoms. The van der Waals surface area contributed by atoms with Crippen molar-refractivity contribution in [1.82, 2.24) is 0 Å². The van der Waals surface area contributed by atoms with Gasteiger partial charge in [0.1, 0.15) is 0 Å². The van der Waals surface area contributed by atoms with Crippen molar-refractivity contribution >= 4 is 72.7 Å². The van der Waals surface area contributed by atoms with Crippen LogP contribution in [-0.4, -0.2) is 95.2 Å². The summed E-state index contributed by atoms with van der Waals surface area (Å²) in [5, 5.41) is 34.6. The van der Waals surface area contributed by atoms with Crippen LogP contribution in [0.1, 0.15) is 13.8 Å². The topological polar surface area (TPSA) is 121 Å². The molecule has 0 saturated carbocycles. The van der Waals surface area contributed by atoms with Crippen molar-refractivity contribution < 1.29 is 30.0 Å². The summed E-state index contributed by atoms with van der Waals surface area (Å²) in [5.74, 6) is -2.87. The van der Waals surface area contributed by atoms with Gasteiger partial charge < -0.3 is 30.0 Å². The maximum absolute atomic E-state index is 9.34. The minimum atomic E-state index is -1.44. The van der Waals surface area contributed by atoms with E-state index in [0.717, 1.165) is 13.8 Å². The van der Waals surface area contributed by atoms with Gasteiger partial charge in [0.25, 0.3) is 0 Å². The van der Waals surface area contributed by atoms with Crippen LogP contribution in [0.25, 0.3) is 0 Å². The van der Waals surface area contributed by atoms with Crippen LogP contribution in [0.3, 0.4) is 0 Å². The molecule has 0 fully saturated rings. The minimum absolute atomic E-state index is 0. The van der Waals surface area contributed by atoms with Gasteiger partial charge >= 0.3 is 60.8 Å². The van der Waals surface area contributed by atoms with Gasteiger partial charge in [-0.3, -0.25) is 0 Å². The van der Waals surface area contributed by atoms with E-state index in [9.17, 15) is 19.8 Å². The van der Waals surface area contributed by atoms with Crippen LogP contribution in [0.5, 0.6) is 0 Å². The molecule has 0 aliphatic heterocycles. The van der Waals surface area contributed by atoms with Crippen molar-refractivity contribution in [3.8, 4) is 0 Å². The fourth-order valence-corrected chi connectivity index (χ4v) is 0. The molecular weight excluding hydrogens is 232 g/mol. The average molecular weight is 245 g/mol. The number of rotatable bonds is 2. The first-order valence-corrected chi connectivity index (χ1v) is 3.06. The van der Waals surface area contributed by atoms with Crippen molar-refractivity contribution in [3.63, 3.8) is 0 Å². The molecule has 0 aromatic carbocycles. The molecule has 0 radical (unpaired) electrons. The summed E-state index contributed by atoms with van der Waals surface area (Å²) < 4.78 is 0. The Hall–Kier alpha value is 0.886. The van der Waals surface area contributed by atoms with E-state index in [1.54, 1.807) is 0 Å². The second kappa shape index (κ2) is 13.9. The Bertz CT molecular complexity index is 142. The van der Waals surface area contributed by atoms with Gasteiger partial charge in [-0.15, -0.1) is 0 Å². The number of aliphatic carboxylic acids is 2. The molecule has 0 saturated heterocycles. The van der Waals surface area contributed by atoms with Crippen LogP contribution in [0.15, 0.2) is 0 Å². The monoisotopic (exact) mass is 244 g/mol. The van der Waals surface area contributed by atoms with Gasteiger partial charge in [0.2, 0.25) is 0 Å². The Balaban J connectivity index is -0.0000000625. The Morgan fingerprint density at radius 2 is 1.07 bits per heavy atom. The molecule has 76 valence electrons. The summed E-state index contributed by atoms with van der Waals surface area (Å²) in [6.07, 6.45) is -2.69. The van der Waals surface area contributed by atoms with E-state index in [1.165, 1.54) is 0 Å². The predicted octanol–water partition coefficient (Wildman–Crippen LogP) is -5.06. The Kier molecular flexibility index (Phi) is 24.0. The van der Waals surface area contributed by atoms with Crippen molar-refractivity contribution in [2.45, 2.75) is 26.1 Å². The van der Waals surface area contributed by atoms with Gasteiger partial charge in [0.05, 0.1) is 24.1 Å². The number of carboxylic acid groups (broad SMARTS) is 2. The molecule has 6 nitrogen and oxygen atoms in total. The van der Waals surface area contributed by atoms with Crippen molar-refractivity contribution in [1.29, 1.82) is 0 Å². The van der Waals surface area contributed by atoms with Crippen LogP contribution in [-0.2, 0) is 9.59 Å². The molecule has 0 aromatic heterocycles. The van der Waals surface area contributed by atoms with Crippen LogP contribution >= 0.6 is 0 Å². The van der Waals surface area contributed by atoms with Crippen molar-refractivity contribution in [2.24, 2.45) is 0 Å². The summed E-state index contributed by atoms with van der Waals surface area (Å²) in [7, 11) is 0. The van der Waals surface area contributed by atoms with Gasteiger partial charge in [0.15, 0.2) is 0 Å².